The molecule has 3 aromatic carbocycles. The minimum absolute atomic E-state index is 0.0788. The van der Waals surface area contributed by atoms with Crippen LogP contribution in [0.3, 0.4) is 0 Å². The number of fused-ring (bicyclic) bond motifs is 1. The predicted octanol–water partition coefficient (Wildman–Crippen LogP) is 6.14. The van der Waals surface area contributed by atoms with E-state index in [9.17, 15) is 13.4 Å². The van der Waals surface area contributed by atoms with E-state index in [1.165, 1.54) is 11.6 Å². The Hall–Kier alpha value is -3.61. The van der Waals surface area contributed by atoms with Crippen LogP contribution >= 0.6 is 0 Å². The van der Waals surface area contributed by atoms with Crippen molar-refractivity contribution in [3.05, 3.63) is 113 Å². The summed E-state index contributed by atoms with van der Waals surface area (Å²) in [6, 6.07) is 22.7. The molecule has 0 radical (unpaired) electrons. The highest BCUT2D eigenvalue weighted by Crippen LogP contribution is 2.44. The summed E-state index contributed by atoms with van der Waals surface area (Å²) in [6.07, 6.45) is 8.28. The second-order valence-corrected chi connectivity index (χ2v) is 11.4. The number of carbonyl (C=O) groups excluding carboxylic acids is 1. The molecule has 0 bridgehead atoms. The molecule has 1 saturated heterocycles. The molecule has 0 aromatic heterocycles. The molecular weight excluding hydrogens is 507 g/mol. The smallest absolute Gasteiger partial charge is 0.227 e. The van der Waals surface area contributed by atoms with Gasteiger partial charge in [-0.05, 0) is 76.2 Å². The Bertz CT molecular complexity index is 1470. The molecule has 2 aliphatic rings. The standard InChI is InChI=1S/C33H33FN2O2S/c1-24-30(21-26-10-13-28(14-11-26)39(2)38)29-15-12-27(34)22-32(29)31(24)23-33(37)36-19-17-35(18-20-36)16-6-9-25-7-4-3-5-8-25/h3-15,21-22H,16-20,23H2,1-2H3. The molecule has 1 amide bonds. The maximum absolute atomic E-state index is 14.3. The third-order valence-corrected chi connectivity index (χ3v) is 8.44. The summed E-state index contributed by atoms with van der Waals surface area (Å²) in [4.78, 5) is 18.4. The van der Waals surface area contributed by atoms with E-state index >= 15 is 0 Å². The minimum Gasteiger partial charge on any atom is -0.340 e. The van der Waals surface area contributed by atoms with Gasteiger partial charge in [-0.25, -0.2) is 4.39 Å². The monoisotopic (exact) mass is 540 g/mol. The number of allylic oxidation sites excluding steroid dienone is 2. The highest BCUT2D eigenvalue weighted by Gasteiger charge is 2.28. The van der Waals surface area contributed by atoms with Gasteiger partial charge in [-0.3, -0.25) is 13.9 Å². The van der Waals surface area contributed by atoms with Crippen molar-refractivity contribution in [3.8, 4) is 0 Å². The first-order chi connectivity index (χ1) is 18.9. The molecule has 1 aliphatic heterocycles. The van der Waals surface area contributed by atoms with Gasteiger partial charge in [-0.2, -0.15) is 0 Å². The van der Waals surface area contributed by atoms with E-state index in [0.717, 1.165) is 57.9 Å². The molecule has 0 saturated carbocycles. The van der Waals surface area contributed by atoms with Gasteiger partial charge in [0.1, 0.15) is 5.82 Å². The van der Waals surface area contributed by atoms with Crippen molar-refractivity contribution in [2.75, 3.05) is 39.0 Å². The second kappa shape index (κ2) is 12.1. The third kappa shape index (κ3) is 6.35. The van der Waals surface area contributed by atoms with Crippen LogP contribution in [0.2, 0.25) is 0 Å². The van der Waals surface area contributed by atoms with Crippen LogP contribution in [0.1, 0.15) is 35.6 Å². The van der Waals surface area contributed by atoms with Gasteiger partial charge < -0.3 is 4.90 Å². The molecule has 1 heterocycles. The number of hydrogen-bond donors (Lipinski definition) is 0. The number of nitrogens with zero attached hydrogens (tertiary/aromatic N) is 2. The van der Waals surface area contributed by atoms with Crippen LogP contribution in [-0.4, -0.2) is 58.9 Å². The lowest BCUT2D eigenvalue weighted by molar-refractivity contribution is -0.131. The van der Waals surface area contributed by atoms with Crippen molar-refractivity contribution in [2.45, 2.75) is 18.2 Å². The van der Waals surface area contributed by atoms with E-state index in [2.05, 4.69) is 35.3 Å². The zero-order chi connectivity index (χ0) is 27.4. The van der Waals surface area contributed by atoms with Crippen LogP contribution in [0.25, 0.3) is 23.3 Å². The Morgan fingerprint density at radius 3 is 2.33 bits per heavy atom. The van der Waals surface area contributed by atoms with Crippen LogP contribution in [-0.2, 0) is 15.6 Å². The molecule has 3 aromatic rings. The van der Waals surface area contributed by atoms with Crippen molar-refractivity contribution >= 4 is 40.0 Å². The Morgan fingerprint density at radius 2 is 1.64 bits per heavy atom. The van der Waals surface area contributed by atoms with Gasteiger partial charge in [0.05, 0.1) is 6.42 Å². The Morgan fingerprint density at radius 1 is 0.923 bits per heavy atom. The molecule has 6 heteroatoms. The van der Waals surface area contributed by atoms with Gasteiger partial charge in [0.15, 0.2) is 0 Å². The van der Waals surface area contributed by atoms with Crippen LogP contribution < -0.4 is 0 Å². The lowest BCUT2D eigenvalue weighted by Crippen LogP contribution is -2.48. The molecule has 0 N–H and O–H groups in total. The Labute approximate surface area is 232 Å². The highest BCUT2D eigenvalue weighted by molar-refractivity contribution is 7.84. The summed E-state index contributed by atoms with van der Waals surface area (Å²) in [5.74, 6) is -0.227. The van der Waals surface area contributed by atoms with Gasteiger partial charge in [0, 0.05) is 54.7 Å². The van der Waals surface area contributed by atoms with Crippen LogP contribution in [0.15, 0.2) is 89.3 Å². The first-order valence-electron chi connectivity index (χ1n) is 13.3. The summed E-state index contributed by atoms with van der Waals surface area (Å²) < 4.78 is 26.1. The van der Waals surface area contributed by atoms with Crippen LogP contribution in [0, 0.1) is 5.82 Å². The lowest BCUT2D eigenvalue weighted by Gasteiger charge is -2.34. The average Bonchev–Trinajstić information content (AvgIpc) is 3.19. The summed E-state index contributed by atoms with van der Waals surface area (Å²) >= 11 is 0. The number of hydrogen-bond acceptors (Lipinski definition) is 3. The zero-order valence-electron chi connectivity index (χ0n) is 22.4. The average molecular weight is 541 g/mol. The maximum Gasteiger partial charge on any atom is 0.227 e. The van der Waals surface area contributed by atoms with E-state index in [0.29, 0.717) is 13.1 Å². The lowest BCUT2D eigenvalue weighted by atomic mass is 10.0. The van der Waals surface area contributed by atoms with Gasteiger partial charge in [0.2, 0.25) is 5.91 Å². The largest absolute Gasteiger partial charge is 0.340 e. The van der Waals surface area contributed by atoms with E-state index in [-0.39, 0.29) is 18.1 Å². The maximum atomic E-state index is 14.3. The zero-order valence-corrected chi connectivity index (χ0v) is 23.2. The summed E-state index contributed by atoms with van der Waals surface area (Å²) in [6.45, 7) is 5.91. The molecular formula is C33H33FN2O2S. The summed E-state index contributed by atoms with van der Waals surface area (Å²) in [7, 11) is -1.03. The Kier molecular flexibility index (Phi) is 8.34. The van der Waals surface area contributed by atoms with Gasteiger partial charge in [0.25, 0.3) is 0 Å². The fourth-order valence-corrected chi connectivity index (χ4v) is 5.77. The molecule has 200 valence electrons. The van der Waals surface area contributed by atoms with E-state index in [4.69, 9.17) is 0 Å². The highest BCUT2D eigenvalue weighted by atomic mass is 32.2. The fourth-order valence-electron chi connectivity index (χ4n) is 5.25. The van der Waals surface area contributed by atoms with Crippen molar-refractivity contribution in [3.63, 3.8) is 0 Å². The molecule has 0 spiro atoms. The van der Waals surface area contributed by atoms with Crippen molar-refractivity contribution in [1.82, 2.24) is 9.80 Å². The summed E-state index contributed by atoms with van der Waals surface area (Å²) in [5.41, 5.74) is 6.77. The molecule has 4 nitrogen and oxygen atoms in total. The van der Waals surface area contributed by atoms with E-state index in [1.54, 1.807) is 18.4 Å². The van der Waals surface area contributed by atoms with E-state index in [1.807, 2.05) is 54.3 Å². The third-order valence-electron chi connectivity index (χ3n) is 7.50. The van der Waals surface area contributed by atoms with Gasteiger partial charge >= 0.3 is 0 Å². The number of rotatable bonds is 7. The molecule has 1 atom stereocenters. The second-order valence-electron chi connectivity index (χ2n) is 10.0. The normalized spacial score (nSPS) is 17.7. The molecule has 39 heavy (non-hydrogen) atoms. The van der Waals surface area contributed by atoms with E-state index < -0.39 is 10.8 Å². The predicted molar refractivity (Wildman–Crippen MR) is 159 cm³/mol. The van der Waals surface area contributed by atoms with Crippen molar-refractivity contribution in [2.24, 2.45) is 0 Å². The molecule has 1 aliphatic carbocycles. The number of carbonyl (C=O) groups is 1. The Balaban J connectivity index is 1.27. The number of benzene rings is 3. The number of piperazine rings is 1. The van der Waals surface area contributed by atoms with Gasteiger partial charge in [-0.1, -0.05) is 60.7 Å². The first-order valence-corrected chi connectivity index (χ1v) is 14.8. The topological polar surface area (TPSA) is 40.6 Å². The molecule has 1 unspecified atom stereocenters. The molecule has 1 fully saturated rings. The first kappa shape index (κ1) is 27.0. The van der Waals surface area contributed by atoms with Crippen molar-refractivity contribution in [1.29, 1.82) is 0 Å². The minimum atomic E-state index is -1.03. The summed E-state index contributed by atoms with van der Waals surface area (Å²) in [5, 5.41) is 0. The van der Waals surface area contributed by atoms with Crippen LogP contribution in [0.4, 0.5) is 4.39 Å². The number of halogens is 1. The van der Waals surface area contributed by atoms with Gasteiger partial charge in [-0.15, -0.1) is 0 Å². The number of amides is 1. The quantitative estimate of drug-likeness (QED) is 0.362. The van der Waals surface area contributed by atoms with Crippen molar-refractivity contribution < 1.29 is 13.4 Å². The fraction of sp³-hybridized carbons (Fsp3) is 0.242. The SMILES string of the molecule is CC1=C(CC(=O)N2CCN(CC=Cc3ccccc3)CC2)c2cc(F)ccc2C1=Cc1ccc(S(C)=O)cc1. The van der Waals surface area contributed by atoms with Crippen LogP contribution in [0.5, 0.6) is 0 Å². The molecule has 5 rings (SSSR count).